The van der Waals surface area contributed by atoms with Gasteiger partial charge >= 0.3 is 6.18 Å². The number of fused-ring (bicyclic) bond motifs is 1. The van der Waals surface area contributed by atoms with Crippen molar-refractivity contribution >= 4 is 11.8 Å². The third-order valence-electron chi connectivity index (χ3n) is 6.53. The number of carbonyl (C=O) groups is 2. The van der Waals surface area contributed by atoms with E-state index in [1.807, 2.05) is 0 Å². The Bertz CT molecular complexity index is 887. The lowest BCUT2D eigenvalue weighted by Crippen LogP contribution is -2.48. The van der Waals surface area contributed by atoms with Gasteiger partial charge in [0, 0.05) is 50.5 Å². The number of alkyl halides is 3. The van der Waals surface area contributed by atoms with Crippen LogP contribution in [-0.4, -0.2) is 57.3 Å². The first-order chi connectivity index (χ1) is 15.1. The summed E-state index contributed by atoms with van der Waals surface area (Å²) in [5.41, 5.74) is 5.69. The topological polar surface area (TPSA) is 92.4 Å². The molecule has 0 bridgehead atoms. The van der Waals surface area contributed by atoms with Gasteiger partial charge in [0.05, 0.1) is 12.2 Å². The minimum absolute atomic E-state index is 0.0316. The highest BCUT2D eigenvalue weighted by molar-refractivity contribution is 5.78. The summed E-state index contributed by atoms with van der Waals surface area (Å²) in [6, 6.07) is -0.514. The molecule has 10 heteroatoms. The van der Waals surface area contributed by atoms with Crippen molar-refractivity contribution < 1.29 is 22.8 Å². The lowest BCUT2D eigenvalue weighted by atomic mass is 9.98. The number of halogens is 3. The smallest absolute Gasteiger partial charge is 0.341 e. The van der Waals surface area contributed by atoms with E-state index in [0.717, 1.165) is 19.3 Å². The molecule has 2 N–H and O–H groups in total. The van der Waals surface area contributed by atoms with Gasteiger partial charge in [-0.25, -0.2) is 9.97 Å². The second kappa shape index (κ2) is 8.96. The fourth-order valence-corrected chi connectivity index (χ4v) is 4.58. The quantitative estimate of drug-likeness (QED) is 0.714. The zero-order valence-electron chi connectivity index (χ0n) is 18.3. The molecule has 4 rings (SSSR count). The maximum Gasteiger partial charge on any atom is 0.433 e. The number of hydrogen-bond acceptors (Lipinski definition) is 5. The molecule has 32 heavy (non-hydrogen) atoms. The average molecular weight is 454 g/mol. The van der Waals surface area contributed by atoms with E-state index in [0.29, 0.717) is 37.8 Å². The first kappa shape index (κ1) is 22.9. The van der Waals surface area contributed by atoms with Gasteiger partial charge in [0.2, 0.25) is 11.8 Å². The molecule has 0 radical (unpaired) electrons. The van der Waals surface area contributed by atoms with Crippen molar-refractivity contribution in [3.63, 3.8) is 0 Å². The largest absolute Gasteiger partial charge is 0.433 e. The summed E-state index contributed by atoms with van der Waals surface area (Å²) in [6.45, 7) is 3.23. The molecule has 2 fully saturated rings. The summed E-state index contributed by atoms with van der Waals surface area (Å²) in [5, 5.41) is 0. The van der Waals surface area contributed by atoms with Gasteiger partial charge < -0.3 is 15.5 Å². The third-order valence-corrected chi connectivity index (χ3v) is 6.53. The molecule has 2 aliphatic heterocycles. The van der Waals surface area contributed by atoms with E-state index in [9.17, 15) is 22.8 Å². The normalized spacial score (nSPS) is 22.7. The van der Waals surface area contributed by atoms with Crippen molar-refractivity contribution in [2.45, 2.75) is 70.6 Å². The summed E-state index contributed by atoms with van der Waals surface area (Å²) in [6.07, 6.45) is -0.659. The van der Waals surface area contributed by atoms with Gasteiger partial charge in [-0.1, -0.05) is 6.92 Å². The second-order valence-electron chi connectivity index (χ2n) is 9.53. The lowest BCUT2D eigenvalue weighted by Gasteiger charge is -2.34. The lowest BCUT2D eigenvalue weighted by molar-refractivity contribution is -0.142. The molecule has 2 amide bonds. The Hall–Kier alpha value is -2.23. The molecule has 0 aromatic carbocycles. The molecule has 1 saturated carbocycles. The van der Waals surface area contributed by atoms with Crippen molar-refractivity contribution in [2.24, 2.45) is 17.6 Å². The minimum atomic E-state index is -4.54. The van der Waals surface area contributed by atoms with Crippen LogP contribution in [0.25, 0.3) is 0 Å². The van der Waals surface area contributed by atoms with Crippen LogP contribution in [0.3, 0.4) is 0 Å². The van der Waals surface area contributed by atoms with E-state index >= 15 is 0 Å². The predicted molar refractivity (Wildman–Crippen MR) is 110 cm³/mol. The van der Waals surface area contributed by atoms with E-state index in [1.54, 1.807) is 4.90 Å². The van der Waals surface area contributed by atoms with Crippen LogP contribution in [0.4, 0.5) is 13.2 Å². The van der Waals surface area contributed by atoms with Crippen LogP contribution in [0.2, 0.25) is 0 Å². The number of nitrogens with two attached hydrogens (primary N) is 1. The fraction of sp³-hybridized carbons (Fsp3) is 0.727. The van der Waals surface area contributed by atoms with Crippen LogP contribution in [0.1, 0.15) is 61.8 Å². The molecule has 0 spiro atoms. The first-order valence-corrected chi connectivity index (χ1v) is 11.4. The van der Waals surface area contributed by atoms with Crippen molar-refractivity contribution in [2.75, 3.05) is 19.6 Å². The van der Waals surface area contributed by atoms with Crippen molar-refractivity contribution in [1.29, 1.82) is 0 Å². The highest BCUT2D eigenvalue weighted by atomic mass is 19.4. The molecule has 3 aliphatic rings. The molecule has 2 atom stereocenters. The SMILES string of the molecule is C[C@@H]1CCC(=O)N(C[C@H](N)CC(=O)N2CCc3c(nc(CC4CC4)nc3C(F)(F)F)C2)C1. The summed E-state index contributed by atoms with van der Waals surface area (Å²) in [5.74, 6) is 0.798. The first-order valence-electron chi connectivity index (χ1n) is 11.4. The molecular formula is C22H30F3N5O2. The van der Waals surface area contributed by atoms with Gasteiger partial charge in [0.15, 0.2) is 5.69 Å². The fourth-order valence-electron chi connectivity index (χ4n) is 4.58. The highest BCUT2D eigenvalue weighted by Gasteiger charge is 2.39. The van der Waals surface area contributed by atoms with E-state index in [-0.39, 0.29) is 54.8 Å². The zero-order valence-corrected chi connectivity index (χ0v) is 18.3. The molecule has 1 aromatic heterocycles. The number of likely N-dealkylation sites (tertiary alicyclic amines) is 1. The maximum atomic E-state index is 13.6. The van der Waals surface area contributed by atoms with Crippen molar-refractivity contribution in [3.05, 3.63) is 22.8 Å². The number of amides is 2. The number of nitrogens with zero attached hydrogens (tertiary/aromatic N) is 4. The van der Waals surface area contributed by atoms with Crippen LogP contribution >= 0.6 is 0 Å². The van der Waals surface area contributed by atoms with Gasteiger partial charge in [-0.05, 0) is 37.5 Å². The van der Waals surface area contributed by atoms with E-state index in [2.05, 4.69) is 16.9 Å². The molecule has 1 aromatic rings. The van der Waals surface area contributed by atoms with Gasteiger partial charge in [0.25, 0.3) is 0 Å². The van der Waals surface area contributed by atoms with Crippen molar-refractivity contribution in [3.8, 4) is 0 Å². The van der Waals surface area contributed by atoms with Crippen LogP contribution in [-0.2, 0) is 35.2 Å². The predicted octanol–water partition coefficient (Wildman–Crippen LogP) is 2.31. The third kappa shape index (κ3) is 5.39. The van der Waals surface area contributed by atoms with Crippen LogP contribution < -0.4 is 5.73 Å². The Balaban J connectivity index is 1.42. The van der Waals surface area contributed by atoms with Crippen LogP contribution in [0, 0.1) is 11.8 Å². The van der Waals surface area contributed by atoms with Crippen LogP contribution in [0.5, 0.6) is 0 Å². The molecular weight excluding hydrogens is 423 g/mol. The molecule has 1 saturated heterocycles. The summed E-state index contributed by atoms with van der Waals surface area (Å²) >= 11 is 0. The molecule has 7 nitrogen and oxygen atoms in total. The number of rotatable bonds is 6. The Morgan fingerprint density at radius 3 is 2.66 bits per heavy atom. The maximum absolute atomic E-state index is 13.6. The number of hydrogen-bond donors (Lipinski definition) is 1. The number of carbonyl (C=O) groups excluding carboxylic acids is 2. The van der Waals surface area contributed by atoms with Crippen molar-refractivity contribution in [1.82, 2.24) is 19.8 Å². The highest BCUT2D eigenvalue weighted by Crippen LogP contribution is 2.36. The Labute approximate surface area is 185 Å². The van der Waals surface area contributed by atoms with Gasteiger partial charge in [-0.3, -0.25) is 9.59 Å². The average Bonchev–Trinajstić information content (AvgIpc) is 3.53. The standard InChI is InChI=1S/C22H30F3N5O2/c1-13-2-5-19(31)30(10-13)11-15(26)9-20(32)29-7-6-16-17(12-29)27-18(8-14-3-4-14)28-21(16)22(23,24)25/h13-15H,2-12,26H2,1H3/t13-,15-/m1/s1. The second-order valence-corrected chi connectivity index (χ2v) is 9.53. The van der Waals surface area contributed by atoms with Gasteiger partial charge in [-0.15, -0.1) is 0 Å². The monoisotopic (exact) mass is 453 g/mol. The number of aromatic nitrogens is 2. The number of piperidine rings is 1. The zero-order chi connectivity index (χ0) is 23.0. The summed E-state index contributed by atoms with van der Waals surface area (Å²) in [7, 11) is 0. The molecule has 0 unspecified atom stereocenters. The van der Waals surface area contributed by atoms with Gasteiger partial charge in [-0.2, -0.15) is 13.2 Å². The Kier molecular flexibility index (Phi) is 6.42. The summed E-state index contributed by atoms with van der Waals surface area (Å²) < 4.78 is 40.8. The van der Waals surface area contributed by atoms with Gasteiger partial charge in [0.1, 0.15) is 5.82 Å². The molecule has 3 heterocycles. The summed E-state index contributed by atoms with van der Waals surface area (Å²) in [4.78, 5) is 36.4. The Morgan fingerprint density at radius 1 is 1.22 bits per heavy atom. The van der Waals surface area contributed by atoms with E-state index < -0.39 is 17.9 Å². The Morgan fingerprint density at radius 2 is 1.97 bits per heavy atom. The van der Waals surface area contributed by atoms with Crippen LogP contribution in [0.15, 0.2) is 0 Å². The van der Waals surface area contributed by atoms with E-state index in [4.69, 9.17) is 5.73 Å². The molecule has 176 valence electrons. The van der Waals surface area contributed by atoms with E-state index in [1.165, 1.54) is 4.90 Å². The minimum Gasteiger partial charge on any atom is -0.341 e. The molecule has 1 aliphatic carbocycles.